The number of hydrogen-bond acceptors (Lipinski definition) is 3. The smallest absolute Gasteiger partial charge is 0.303 e. The Balaban J connectivity index is 2.64. The largest absolute Gasteiger partial charge is 0.481 e. The first kappa shape index (κ1) is 16.0. The van der Waals surface area contributed by atoms with E-state index in [0.717, 1.165) is 25.7 Å². The molecule has 5 heteroatoms. The van der Waals surface area contributed by atoms with Gasteiger partial charge in [0.15, 0.2) is 0 Å². The van der Waals surface area contributed by atoms with Crippen molar-refractivity contribution in [2.24, 2.45) is 5.41 Å². The second-order valence-corrected chi connectivity index (χ2v) is 6.07. The molecule has 1 atom stereocenters. The molecule has 0 aromatic rings. The van der Waals surface area contributed by atoms with Crippen molar-refractivity contribution in [1.29, 1.82) is 0 Å². The van der Waals surface area contributed by atoms with Gasteiger partial charge in [-0.3, -0.25) is 9.59 Å². The summed E-state index contributed by atoms with van der Waals surface area (Å²) in [6.45, 7) is 3.59. The zero-order valence-electron chi connectivity index (χ0n) is 11.9. The molecule has 0 aromatic carbocycles. The van der Waals surface area contributed by atoms with Gasteiger partial charge in [-0.2, -0.15) is 0 Å². The predicted octanol–water partition coefficient (Wildman–Crippen LogP) is 1.69. The summed E-state index contributed by atoms with van der Waals surface area (Å²) < 4.78 is 0. The lowest BCUT2D eigenvalue weighted by molar-refractivity contribution is -0.140. The van der Waals surface area contributed by atoms with Gasteiger partial charge in [-0.15, -0.1) is 0 Å². The lowest BCUT2D eigenvalue weighted by atomic mass is 9.79. The van der Waals surface area contributed by atoms with Crippen molar-refractivity contribution in [2.45, 2.75) is 64.3 Å². The molecule has 19 heavy (non-hydrogen) atoms. The molecule has 0 saturated heterocycles. The molecule has 1 saturated carbocycles. The van der Waals surface area contributed by atoms with Crippen LogP contribution in [0.2, 0.25) is 0 Å². The van der Waals surface area contributed by atoms with Crippen LogP contribution in [-0.4, -0.2) is 34.2 Å². The quantitative estimate of drug-likeness (QED) is 0.657. The van der Waals surface area contributed by atoms with E-state index in [2.05, 4.69) is 5.32 Å². The van der Waals surface area contributed by atoms with Crippen molar-refractivity contribution >= 4 is 11.9 Å². The monoisotopic (exact) mass is 271 g/mol. The van der Waals surface area contributed by atoms with E-state index in [1.54, 1.807) is 6.92 Å². The maximum absolute atomic E-state index is 12.1. The molecule has 0 bridgehead atoms. The number of nitrogens with one attached hydrogen (secondary N) is 1. The van der Waals surface area contributed by atoms with E-state index < -0.39 is 11.5 Å². The zero-order valence-corrected chi connectivity index (χ0v) is 11.9. The van der Waals surface area contributed by atoms with Crippen molar-refractivity contribution in [3.05, 3.63) is 0 Å². The Morgan fingerprint density at radius 2 is 1.84 bits per heavy atom. The van der Waals surface area contributed by atoms with Crippen LogP contribution >= 0.6 is 0 Å². The fraction of sp³-hybridized carbons (Fsp3) is 0.857. The van der Waals surface area contributed by atoms with Gasteiger partial charge < -0.3 is 15.5 Å². The topological polar surface area (TPSA) is 86.6 Å². The van der Waals surface area contributed by atoms with Gasteiger partial charge >= 0.3 is 5.97 Å². The third-order valence-electron chi connectivity index (χ3n) is 4.30. The summed E-state index contributed by atoms with van der Waals surface area (Å²) in [5.74, 6) is -0.989. The zero-order chi connectivity index (χ0) is 14.5. The first-order valence-corrected chi connectivity index (χ1v) is 6.98. The van der Waals surface area contributed by atoms with E-state index in [9.17, 15) is 14.7 Å². The Labute approximate surface area is 114 Å². The lowest BCUT2D eigenvalue weighted by Crippen LogP contribution is -2.49. The summed E-state index contributed by atoms with van der Waals surface area (Å²) in [6, 6.07) is 0. The number of carboxylic acid groups (broad SMARTS) is 1. The normalized spacial score (nSPS) is 20.8. The minimum Gasteiger partial charge on any atom is -0.481 e. The van der Waals surface area contributed by atoms with Crippen molar-refractivity contribution in [1.82, 2.24) is 5.32 Å². The van der Waals surface area contributed by atoms with Crippen molar-refractivity contribution in [2.75, 3.05) is 6.61 Å². The van der Waals surface area contributed by atoms with Gasteiger partial charge in [0.2, 0.25) is 5.91 Å². The Kier molecular flexibility index (Phi) is 5.35. The molecular formula is C14H25NO4. The number of aliphatic carboxylic acids is 1. The van der Waals surface area contributed by atoms with Gasteiger partial charge in [0, 0.05) is 6.42 Å². The molecule has 1 unspecified atom stereocenters. The summed E-state index contributed by atoms with van der Waals surface area (Å²) >= 11 is 0. The minimum atomic E-state index is -0.838. The number of aliphatic hydroxyl groups is 1. The Morgan fingerprint density at radius 1 is 1.26 bits per heavy atom. The molecule has 5 nitrogen and oxygen atoms in total. The molecule has 1 fully saturated rings. The first-order chi connectivity index (χ1) is 8.85. The molecule has 1 rings (SSSR count). The van der Waals surface area contributed by atoms with Crippen LogP contribution < -0.4 is 5.32 Å². The van der Waals surface area contributed by atoms with Crippen LogP contribution in [0.25, 0.3) is 0 Å². The molecule has 0 heterocycles. The fourth-order valence-electron chi connectivity index (χ4n) is 2.82. The first-order valence-electron chi connectivity index (χ1n) is 6.98. The molecule has 0 spiro atoms. The number of carboxylic acids is 1. The summed E-state index contributed by atoms with van der Waals surface area (Å²) in [6.07, 6.45) is 4.53. The second-order valence-electron chi connectivity index (χ2n) is 6.07. The van der Waals surface area contributed by atoms with E-state index in [-0.39, 0.29) is 30.8 Å². The summed E-state index contributed by atoms with van der Waals surface area (Å²) in [4.78, 5) is 23.1. The average Bonchev–Trinajstić information content (AvgIpc) is 2.75. The highest BCUT2D eigenvalue weighted by molar-refractivity contribution is 5.78. The number of carbonyl (C=O) groups excluding carboxylic acids is 1. The van der Waals surface area contributed by atoms with Gasteiger partial charge in [0.1, 0.15) is 0 Å². The fourth-order valence-corrected chi connectivity index (χ4v) is 2.82. The van der Waals surface area contributed by atoms with E-state index >= 15 is 0 Å². The van der Waals surface area contributed by atoms with Crippen LogP contribution in [0.15, 0.2) is 0 Å². The van der Waals surface area contributed by atoms with Crippen LogP contribution in [0.5, 0.6) is 0 Å². The Morgan fingerprint density at radius 3 is 2.26 bits per heavy atom. The van der Waals surface area contributed by atoms with E-state index in [4.69, 9.17) is 5.11 Å². The third kappa shape index (κ3) is 4.49. The third-order valence-corrected chi connectivity index (χ3v) is 4.30. The van der Waals surface area contributed by atoms with E-state index in [1.807, 2.05) is 6.92 Å². The number of hydrogen-bond donors (Lipinski definition) is 3. The number of rotatable bonds is 7. The summed E-state index contributed by atoms with van der Waals surface area (Å²) in [5.41, 5.74) is -1.000. The SMILES string of the molecule is CCC(C)(CO)NC(=O)CC1(CC(=O)O)CCCC1. The van der Waals surface area contributed by atoms with Crippen molar-refractivity contribution < 1.29 is 19.8 Å². The molecule has 3 N–H and O–H groups in total. The molecule has 0 aromatic heterocycles. The molecule has 0 aliphatic heterocycles. The molecule has 110 valence electrons. The number of carbonyl (C=O) groups is 2. The van der Waals surface area contributed by atoms with E-state index in [1.165, 1.54) is 0 Å². The maximum atomic E-state index is 12.1. The van der Waals surface area contributed by atoms with Crippen LogP contribution in [0.4, 0.5) is 0 Å². The predicted molar refractivity (Wildman–Crippen MR) is 71.7 cm³/mol. The van der Waals surface area contributed by atoms with Crippen LogP contribution in [0.1, 0.15) is 58.8 Å². The van der Waals surface area contributed by atoms with Crippen molar-refractivity contribution in [3.8, 4) is 0 Å². The van der Waals surface area contributed by atoms with Gasteiger partial charge in [0.25, 0.3) is 0 Å². The number of amides is 1. The Hall–Kier alpha value is -1.10. The molecule has 1 aliphatic carbocycles. The molecule has 1 amide bonds. The minimum absolute atomic E-state index is 0.0579. The van der Waals surface area contributed by atoms with Gasteiger partial charge in [-0.25, -0.2) is 0 Å². The maximum Gasteiger partial charge on any atom is 0.303 e. The average molecular weight is 271 g/mol. The summed E-state index contributed by atoms with van der Waals surface area (Å²) in [7, 11) is 0. The molecule has 0 radical (unpaired) electrons. The lowest BCUT2D eigenvalue weighted by Gasteiger charge is -2.31. The Bertz CT molecular complexity index is 330. The van der Waals surface area contributed by atoms with Crippen molar-refractivity contribution in [3.63, 3.8) is 0 Å². The molecular weight excluding hydrogens is 246 g/mol. The van der Waals surface area contributed by atoms with E-state index in [0.29, 0.717) is 6.42 Å². The molecule has 1 aliphatic rings. The van der Waals surface area contributed by atoms with Crippen LogP contribution in [0, 0.1) is 5.41 Å². The second kappa shape index (κ2) is 6.37. The van der Waals surface area contributed by atoms with Gasteiger partial charge in [0.05, 0.1) is 18.6 Å². The van der Waals surface area contributed by atoms with Crippen LogP contribution in [0.3, 0.4) is 0 Å². The highest BCUT2D eigenvalue weighted by atomic mass is 16.4. The van der Waals surface area contributed by atoms with Crippen LogP contribution in [-0.2, 0) is 9.59 Å². The summed E-state index contributed by atoms with van der Waals surface area (Å²) in [5, 5.41) is 21.1. The standard InChI is InChI=1S/C14H25NO4/c1-3-13(2,10-16)15-11(17)8-14(9-12(18)19)6-4-5-7-14/h16H,3-10H2,1-2H3,(H,15,17)(H,18,19). The number of aliphatic hydroxyl groups excluding tert-OH is 1. The van der Waals surface area contributed by atoms with Gasteiger partial charge in [-0.05, 0) is 31.6 Å². The van der Waals surface area contributed by atoms with Gasteiger partial charge in [-0.1, -0.05) is 19.8 Å². The highest BCUT2D eigenvalue weighted by Gasteiger charge is 2.39. The highest BCUT2D eigenvalue weighted by Crippen LogP contribution is 2.44.